The summed E-state index contributed by atoms with van der Waals surface area (Å²) in [6.45, 7) is 9.04. The van der Waals surface area contributed by atoms with Gasteiger partial charge in [-0.05, 0) is 52.6 Å². The first kappa shape index (κ1) is 24.4. The first-order chi connectivity index (χ1) is 16.1. The molecule has 2 atom stereocenters. The van der Waals surface area contributed by atoms with Crippen LogP contribution in [0.4, 0.5) is 5.69 Å². The average molecular weight is 483 g/mol. The van der Waals surface area contributed by atoms with Crippen molar-refractivity contribution in [3.8, 4) is 0 Å². The summed E-state index contributed by atoms with van der Waals surface area (Å²) in [7, 11) is -1.03. The summed E-state index contributed by atoms with van der Waals surface area (Å²) in [5, 5.41) is 6.85. The second-order valence-electron chi connectivity index (χ2n) is 9.32. The number of sulfone groups is 1. The number of aryl methyl sites for hydroxylation is 1. The summed E-state index contributed by atoms with van der Waals surface area (Å²) < 4.78 is 25.8. The van der Waals surface area contributed by atoms with Crippen molar-refractivity contribution >= 4 is 32.2 Å². The van der Waals surface area contributed by atoms with E-state index in [-0.39, 0.29) is 29.5 Å². The first-order valence-corrected chi connectivity index (χ1v) is 13.7. The van der Waals surface area contributed by atoms with Crippen LogP contribution in [-0.4, -0.2) is 60.1 Å². The van der Waals surface area contributed by atoms with E-state index in [1.807, 2.05) is 73.5 Å². The molecule has 1 aromatic heterocycles. The lowest BCUT2D eigenvalue weighted by Crippen LogP contribution is -2.45. The van der Waals surface area contributed by atoms with Gasteiger partial charge in [0.15, 0.2) is 9.84 Å². The van der Waals surface area contributed by atoms with E-state index < -0.39 is 9.84 Å². The molecule has 0 bridgehead atoms. The standard InChI is InChI=1S/C26H34N4O3S/c1-6-29(25-13-9-11-21-10-7-8-12-23(21)25)26(31)20(4)28(5)16-24-18(2)27-30(19(24)3)22-14-15-34(32,33)17-22/h7-13,20,22H,6,14-17H2,1-5H3/t20-,22+/m0/s1. The molecule has 8 heteroatoms. The molecule has 0 N–H and O–H groups in total. The molecule has 0 unspecified atom stereocenters. The molecule has 34 heavy (non-hydrogen) atoms. The Kier molecular flexibility index (Phi) is 6.82. The third-order valence-electron chi connectivity index (χ3n) is 7.09. The van der Waals surface area contributed by atoms with E-state index in [0.29, 0.717) is 19.5 Å². The smallest absolute Gasteiger partial charge is 0.244 e. The molecule has 3 aromatic rings. The minimum Gasteiger partial charge on any atom is -0.311 e. The molecule has 2 heterocycles. The minimum absolute atomic E-state index is 0.0472. The molecule has 0 spiro atoms. The van der Waals surface area contributed by atoms with Gasteiger partial charge in [-0.25, -0.2) is 8.42 Å². The Morgan fingerprint density at radius 1 is 1.18 bits per heavy atom. The lowest BCUT2D eigenvalue weighted by molar-refractivity contribution is -0.122. The summed E-state index contributed by atoms with van der Waals surface area (Å²) in [4.78, 5) is 17.5. The molecule has 0 saturated carbocycles. The molecule has 0 radical (unpaired) electrons. The van der Waals surface area contributed by atoms with Gasteiger partial charge in [-0.3, -0.25) is 14.4 Å². The van der Waals surface area contributed by atoms with Crippen molar-refractivity contribution in [1.82, 2.24) is 14.7 Å². The van der Waals surface area contributed by atoms with Crippen LogP contribution in [0.25, 0.3) is 10.8 Å². The lowest BCUT2D eigenvalue weighted by Gasteiger charge is -2.30. The Morgan fingerprint density at radius 2 is 1.88 bits per heavy atom. The normalized spacial score (nSPS) is 18.5. The molecule has 1 aliphatic heterocycles. The molecule has 2 aromatic carbocycles. The summed E-state index contributed by atoms with van der Waals surface area (Å²) in [5.41, 5.74) is 3.84. The Balaban J connectivity index is 1.54. The molecule has 1 saturated heterocycles. The molecule has 0 aliphatic carbocycles. The van der Waals surface area contributed by atoms with Crippen LogP contribution in [0.5, 0.6) is 0 Å². The summed E-state index contributed by atoms with van der Waals surface area (Å²) in [6, 6.07) is 13.7. The van der Waals surface area contributed by atoms with Crippen LogP contribution in [0.15, 0.2) is 42.5 Å². The van der Waals surface area contributed by atoms with Gasteiger partial charge in [0.25, 0.3) is 0 Å². The van der Waals surface area contributed by atoms with Gasteiger partial charge >= 0.3 is 0 Å². The molecule has 182 valence electrons. The first-order valence-electron chi connectivity index (χ1n) is 11.9. The van der Waals surface area contributed by atoms with Gasteiger partial charge in [0, 0.05) is 29.7 Å². The highest BCUT2D eigenvalue weighted by Crippen LogP contribution is 2.29. The van der Waals surface area contributed by atoms with Crippen molar-refractivity contribution in [1.29, 1.82) is 0 Å². The molecule has 1 fully saturated rings. The fourth-order valence-corrected chi connectivity index (χ4v) is 6.63. The fourth-order valence-electron chi connectivity index (χ4n) is 4.94. The number of anilines is 1. The third kappa shape index (κ3) is 4.61. The Morgan fingerprint density at radius 3 is 2.56 bits per heavy atom. The molecule has 1 amide bonds. The van der Waals surface area contributed by atoms with Crippen LogP contribution in [0.1, 0.15) is 43.3 Å². The number of carbonyl (C=O) groups excluding carboxylic acids is 1. The highest BCUT2D eigenvalue weighted by atomic mass is 32.2. The molecule has 7 nitrogen and oxygen atoms in total. The van der Waals surface area contributed by atoms with Crippen molar-refractivity contribution in [2.24, 2.45) is 0 Å². The summed E-state index contributed by atoms with van der Waals surface area (Å²) >= 11 is 0. The minimum atomic E-state index is -2.99. The maximum atomic E-state index is 13.6. The van der Waals surface area contributed by atoms with E-state index in [9.17, 15) is 13.2 Å². The Hall–Kier alpha value is -2.71. The molecular weight excluding hydrogens is 448 g/mol. The van der Waals surface area contributed by atoms with Crippen LogP contribution in [0.2, 0.25) is 0 Å². The van der Waals surface area contributed by atoms with E-state index in [2.05, 4.69) is 23.3 Å². The number of hydrogen-bond donors (Lipinski definition) is 0. The number of hydrogen-bond acceptors (Lipinski definition) is 5. The van der Waals surface area contributed by atoms with Gasteiger partial charge in [0.2, 0.25) is 5.91 Å². The number of likely N-dealkylation sites (N-methyl/N-ethyl adjacent to an activating group) is 2. The Labute approximate surface area is 202 Å². The molecule has 1 aliphatic rings. The van der Waals surface area contributed by atoms with Gasteiger partial charge in [-0.2, -0.15) is 5.10 Å². The van der Waals surface area contributed by atoms with Crippen LogP contribution >= 0.6 is 0 Å². The second-order valence-corrected chi connectivity index (χ2v) is 11.6. The zero-order valence-corrected chi connectivity index (χ0v) is 21.5. The highest BCUT2D eigenvalue weighted by molar-refractivity contribution is 7.91. The molecule has 4 rings (SSSR count). The van der Waals surface area contributed by atoms with E-state index >= 15 is 0 Å². The largest absolute Gasteiger partial charge is 0.311 e. The number of nitrogens with zero attached hydrogens (tertiary/aromatic N) is 4. The van der Waals surface area contributed by atoms with Gasteiger partial charge in [0.05, 0.1) is 35.0 Å². The number of carbonyl (C=O) groups is 1. The van der Waals surface area contributed by atoms with Crippen molar-refractivity contribution < 1.29 is 13.2 Å². The topological polar surface area (TPSA) is 75.5 Å². The van der Waals surface area contributed by atoms with Crippen LogP contribution < -0.4 is 4.90 Å². The quantitative estimate of drug-likeness (QED) is 0.511. The number of fused-ring (bicyclic) bond motifs is 1. The predicted octanol–water partition coefficient (Wildman–Crippen LogP) is 3.89. The van der Waals surface area contributed by atoms with E-state index in [1.54, 1.807) is 0 Å². The zero-order valence-electron chi connectivity index (χ0n) is 20.7. The van der Waals surface area contributed by atoms with Crippen molar-refractivity contribution in [3.05, 3.63) is 59.4 Å². The zero-order chi connectivity index (χ0) is 24.6. The maximum absolute atomic E-state index is 13.6. The SMILES string of the molecule is CCN(C(=O)[C@H](C)N(C)Cc1c(C)nn([C@@H]2CCS(=O)(=O)C2)c1C)c1cccc2ccccc12. The molecular formula is C26H34N4O3S. The predicted molar refractivity (Wildman–Crippen MR) is 137 cm³/mol. The lowest BCUT2D eigenvalue weighted by atomic mass is 10.1. The van der Waals surface area contributed by atoms with Gasteiger partial charge in [-0.1, -0.05) is 36.4 Å². The third-order valence-corrected chi connectivity index (χ3v) is 8.85. The van der Waals surface area contributed by atoms with Gasteiger partial charge in [0.1, 0.15) is 0 Å². The summed E-state index contributed by atoms with van der Waals surface area (Å²) in [5.74, 6) is 0.416. The van der Waals surface area contributed by atoms with Crippen LogP contribution in [-0.2, 0) is 21.2 Å². The maximum Gasteiger partial charge on any atom is 0.244 e. The van der Waals surface area contributed by atoms with Crippen LogP contribution in [0.3, 0.4) is 0 Å². The van der Waals surface area contributed by atoms with Crippen molar-refractivity contribution in [2.45, 2.75) is 52.7 Å². The van der Waals surface area contributed by atoms with Gasteiger partial charge in [-0.15, -0.1) is 0 Å². The average Bonchev–Trinajstić information content (AvgIpc) is 3.32. The van der Waals surface area contributed by atoms with E-state index in [1.165, 1.54) is 0 Å². The van der Waals surface area contributed by atoms with Crippen molar-refractivity contribution in [3.63, 3.8) is 0 Å². The number of rotatable bonds is 7. The van der Waals surface area contributed by atoms with Gasteiger partial charge < -0.3 is 4.90 Å². The van der Waals surface area contributed by atoms with Crippen LogP contribution in [0, 0.1) is 13.8 Å². The highest BCUT2D eigenvalue weighted by Gasteiger charge is 2.32. The van der Waals surface area contributed by atoms with Crippen molar-refractivity contribution in [2.75, 3.05) is 30.0 Å². The number of aromatic nitrogens is 2. The monoisotopic (exact) mass is 482 g/mol. The van der Waals surface area contributed by atoms with E-state index in [0.717, 1.165) is 33.4 Å². The Bertz CT molecular complexity index is 1310. The second kappa shape index (κ2) is 9.50. The number of benzene rings is 2. The summed E-state index contributed by atoms with van der Waals surface area (Å²) in [6.07, 6.45) is 0.602. The fraction of sp³-hybridized carbons (Fsp3) is 0.462. The number of amides is 1. The van der Waals surface area contributed by atoms with E-state index in [4.69, 9.17) is 0 Å².